The minimum atomic E-state index is 0.0412. The molecule has 0 saturated heterocycles. The molecule has 0 aliphatic rings. The van der Waals surface area contributed by atoms with E-state index < -0.39 is 0 Å². The molecule has 2 N–H and O–H groups in total. The lowest BCUT2D eigenvalue weighted by molar-refractivity contribution is -0.129. The van der Waals surface area contributed by atoms with Gasteiger partial charge in [-0.05, 0) is 30.5 Å². The molecule has 5 nitrogen and oxygen atoms in total. The fourth-order valence-electron chi connectivity index (χ4n) is 1.88. The Balaban J connectivity index is 2.64. The molecule has 0 aliphatic carbocycles. The van der Waals surface area contributed by atoms with Crippen molar-refractivity contribution in [2.45, 2.75) is 32.2 Å². The number of carbonyl (C=O) groups excluding carboxylic acids is 1. The lowest BCUT2D eigenvalue weighted by atomic mass is 10.0. The zero-order valence-corrected chi connectivity index (χ0v) is 13.4. The summed E-state index contributed by atoms with van der Waals surface area (Å²) < 4.78 is 11.0. The number of benzene rings is 1. The maximum Gasteiger partial charge on any atom is 0.225 e. The predicted octanol–water partition coefficient (Wildman–Crippen LogP) is 1.83. The van der Waals surface area contributed by atoms with Gasteiger partial charge in [-0.15, -0.1) is 0 Å². The van der Waals surface area contributed by atoms with Crippen LogP contribution in [-0.4, -0.2) is 44.7 Å². The molecule has 1 unspecified atom stereocenters. The first-order chi connectivity index (χ1) is 9.97. The molecule has 1 aromatic rings. The Morgan fingerprint density at radius 1 is 1.33 bits per heavy atom. The van der Waals surface area contributed by atoms with E-state index in [1.54, 1.807) is 26.1 Å². The average molecular weight is 294 g/mol. The number of hydrogen-bond donors (Lipinski definition) is 1. The van der Waals surface area contributed by atoms with E-state index in [4.69, 9.17) is 15.2 Å². The highest BCUT2D eigenvalue weighted by molar-refractivity contribution is 5.75. The van der Waals surface area contributed by atoms with E-state index in [0.29, 0.717) is 24.5 Å². The highest BCUT2D eigenvalue weighted by atomic mass is 16.5. The van der Waals surface area contributed by atoms with Gasteiger partial charge in [-0.3, -0.25) is 4.79 Å². The second-order valence-electron chi connectivity index (χ2n) is 5.24. The number of ether oxygens (including phenoxy) is 2. The van der Waals surface area contributed by atoms with Crippen LogP contribution >= 0.6 is 0 Å². The lowest BCUT2D eigenvalue weighted by Crippen LogP contribution is -2.23. The molecule has 0 saturated carbocycles. The van der Waals surface area contributed by atoms with Crippen molar-refractivity contribution in [1.29, 1.82) is 0 Å². The van der Waals surface area contributed by atoms with Crippen LogP contribution in [0.2, 0.25) is 0 Å². The Hall–Kier alpha value is -1.75. The van der Waals surface area contributed by atoms with Gasteiger partial charge >= 0.3 is 0 Å². The van der Waals surface area contributed by atoms with Gasteiger partial charge in [0, 0.05) is 20.1 Å². The van der Waals surface area contributed by atoms with Crippen LogP contribution in [0.3, 0.4) is 0 Å². The topological polar surface area (TPSA) is 64.8 Å². The fourth-order valence-corrected chi connectivity index (χ4v) is 1.88. The van der Waals surface area contributed by atoms with Gasteiger partial charge in [-0.25, -0.2) is 0 Å². The zero-order valence-electron chi connectivity index (χ0n) is 13.4. The fraction of sp³-hybridized carbons (Fsp3) is 0.562. The molecule has 0 aliphatic heterocycles. The smallest absolute Gasteiger partial charge is 0.225 e. The van der Waals surface area contributed by atoms with Crippen LogP contribution in [0, 0.1) is 0 Å². The van der Waals surface area contributed by atoms with Gasteiger partial charge in [0.1, 0.15) is 0 Å². The minimum Gasteiger partial charge on any atom is -0.493 e. The van der Waals surface area contributed by atoms with Crippen LogP contribution in [0.15, 0.2) is 18.2 Å². The van der Waals surface area contributed by atoms with Gasteiger partial charge in [0.15, 0.2) is 11.5 Å². The molecule has 0 radical (unpaired) electrons. The highest BCUT2D eigenvalue weighted by Crippen LogP contribution is 2.28. The van der Waals surface area contributed by atoms with E-state index in [9.17, 15) is 4.79 Å². The summed E-state index contributed by atoms with van der Waals surface area (Å²) in [5.41, 5.74) is 7.09. The van der Waals surface area contributed by atoms with Crippen molar-refractivity contribution in [2.24, 2.45) is 5.73 Å². The number of amides is 1. The summed E-state index contributed by atoms with van der Waals surface area (Å²) in [5, 5.41) is 0. The van der Waals surface area contributed by atoms with E-state index in [1.165, 1.54) is 0 Å². The minimum absolute atomic E-state index is 0.0412. The summed E-state index contributed by atoms with van der Waals surface area (Å²) in [5.74, 6) is 1.37. The van der Waals surface area contributed by atoms with Gasteiger partial charge < -0.3 is 20.1 Å². The average Bonchev–Trinajstić information content (AvgIpc) is 2.47. The number of hydrogen-bond acceptors (Lipinski definition) is 4. The molecular formula is C16H26N2O3. The normalized spacial score (nSPS) is 11.9. The van der Waals surface area contributed by atoms with Gasteiger partial charge in [-0.1, -0.05) is 13.0 Å². The molecule has 21 heavy (non-hydrogen) atoms. The molecule has 1 amide bonds. The van der Waals surface area contributed by atoms with Crippen LogP contribution in [0.4, 0.5) is 0 Å². The summed E-state index contributed by atoms with van der Waals surface area (Å²) in [6.45, 7) is 2.41. The van der Waals surface area contributed by atoms with Gasteiger partial charge in [0.2, 0.25) is 5.91 Å². The number of methoxy groups -OCH3 is 1. The molecule has 0 heterocycles. The molecule has 0 fully saturated rings. The molecule has 0 bridgehead atoms. The number of carbonyl (C=O) groups is 1. The Bertz CT molecular complexity index is 461. The van der Waals surface area contributed by atoms with E-state index in [2.05, 4.69) is 6.92 Å². The van der Waals surface area contributed by atoms with Crippen molar-refractivity contribution in [3.63, 3.8) is 0 Å². The molecule has 1 rings (SSSR count). The maximum absolute atomic E-state index is 11.5. The number of nitrogens with zero attached hydrogens (tertiary/aromatic N) is 1. The third-order valence-electron chi connectivity index (χ3n) is 3.32. The van der Waals surface area contributed by atoms with E-state index in [0.717, 1.165) is 18.4 Å². The summed E-state index contributed by atoms with van der Waals surface area (Å²) in [6, 6.07) is 5.95. The number of nitrogens with two attached hydrogens (primary N) is 1. The van der Waals surface area contributed by atoms with Crippen LogP contribution in [0.25, 0.3) is 0 Å². The molecule has 0 aromatic heterocycles. The van der Waals surface area contributed by atoms with E-state index in [1.807, 2.05) is 18.2 Å². The SMILES string of the molecule is CCC(N)Cc1ccc(OCCC(=O)N(C)C)c(OC)c1. The van der Waals surface area contributed by atoms with Crippen LogP contribution in [0.5, 0.6) is 11.5 Å². The summed E-state index contributed by atoms with van der Waals surface area (Å²) in [6.07, 6.45) is 2.10. The zero-order chi connectivity index (χ0) is 15.8. The van der Waals surface area contributed by atoms with Gasteiger partial charge in [-0.2, -0.15) is 0 Å². The predicted molar refractivity (Wildman–Crippen MR) is 83.8 cm³/mol. The Labute approximate surface area is 127 Å². The highest BCUT2D eigenvalue weighted by Gasteiger charge is 2.10. The standard InChI is InChI=1S/C16H26N2O3/c1-5-13(17)10-12-6-7-14(15(11-12)20-4)21-9-8-16(19)18(2)3/h6-7,11,13H,5,8-10,17H2,1-4H3. The molecule has 118 valence electrons. The van der Waals surface area contributed by atoms with Crippen molar-refractivity contribution >= 4 is 5.91 Å². The number of rotatable bonds is 8. The van der Waals surface area contributed by atoms with Gasteiger partial charge in [0.05, 0.1) is 20.1 Å². The van der Waals surface area contributed by atoms with E-state index >= 15 is 0 Å². The monoisotopic (exact) mass is 294 g/mol. The lowest BCUT2D eigenvalue weighted by Gasteiger charge is -2.15. The molecule has 1 aromatic carbocycles. The largest absolute Gasteiger partial charge is 0.493 e. The quantitative estimate of drug-likeness (QED) is 0.794. The van der Waals surface area contributed by atoms with Crippen LogP contribution in [-0.2, 0) is 11.2 Å². The van der Waals surface area contributed by atoms with Crippen molar-refractivity contribution < 1.29 is 14.3 Å². The van der Waals surface area contributed by atoms with Crippen molar-refractivity contribution in [3.8, 4) is 11.5 Å². The summed E-state index contributed by atoms with van der Waals surface area (Å²) >= 11 is 0. The first kappa shape index (κ1) is 17.3. The van der Waals surface area contributed by atoms with Crippen molar-refractivity contribution in [3.05, 3.63) is 23.8 Å². The third-order valence-corrected chi connectivity index (χ3v) is 3.32. The van der Waals surface area contributed by atoms with E-state index in [-0.39, 0.29) is 11.9 Å². The van der Waals surface area contributed by atoms with Crippen molar-refractivity contribution in [2.75, 3.05) is 27.8 Å². The Morgan fingerprint density at radius 2 is 2.05 bits per heavy atom. The Kier molecular flexibility index (Phi) is 7.02. The summed E-state index contributed by atoms with van der Waals surface area (Å²) in [4.78, 5) is 13.0. The first-order valence-corrected chi connectivity index (χ1v) is 7.23. The molecular weight excluding hydrogens is 268 g/mol. The summed E-state index contributed by atoms with van der Waals surface area (Å²) in [7, 11) is 5.07. The third kappa shape index (κ3) is 5.63. The second-order valence-corrected chi connectivity index (χ2v) is 5.24. The molecule has 0 spiro atoms. The first-order valence-electron chi connectivity index (χ1n) is 7.23. The van der Waals surface area contributed by atoms with Crippen LogP contribution < -0.4 is 15.2 Å². The van der Waals surface area contributed by atoms with Gasteiger partial charge in [0.25, 0.3) is 0 Å². The maximum atomic E-state index is 11.5. The molecule has 5 heteroatoms. The Morgan fingerprint density at radius 3 is 2.62 bits per heavy atom. The second kappa shape index (κ2) is 8.52. The van der Waals surface area contributed by atoms with Crippen LogP contribution in [0.1, 0.15) is 25.3 Å². The van der Waals surface area contributed by atoms with Crippen molar-refractivity contribution in [1.82, 2.24) is 4.90 Å². The molecule has 1 atom stereocenters.